The van der Waals surface area contributed by atoms with Crippen LogP contribution in [0.4, 0.5) is 5.95 Å². The van der Waals surface area contributed by atoms with Crippen LogP contribution in [0.15, 0.2) is 41.5 Å². The maximum absolute atomic E-state index is 12.2. The van der Waals surface area contributed by atoms with E-state index in [1.165, 1.54) is 13.3 Å². The SMILES string of the molecule is CC(=O)n1c(N)nc2c(ncn2Cc2ccccc2)c1=O. The minimum atomic E-state index is -0.545. The number of fused-ring (bicyclic) bond motifs is 1. The number of hydrogen-bond donors (Lipinski definition) is 1. The summed E-state index contributed by atoms with van der Waals surface area (Å²) in [5.74, 6) is -0.612. The van der Waals surface area contributed by atoms with E-state index in [9.17, 15) is 9.59 Å². The van der Waals surface area contributed by atoms with E-state index in [0.717, 1.165) is 10.1 Å². The molecule has 2 heterocycles. The van der Waals surface area contributed by atoms with Gasteiger partial charge in [0, 0.05) is 6.92 Å². The highest BCUT2D eigenvalue weighted by Gasteiger charge is 2.16. The molecule has 1 aromatic carbocycles. The fourth-order valence-corrected chi connectivity index (χ4v) is 2.21. The van der Waals surface area contributed by atoms with Gasteiger partial charge in [0.1, 0.15) is 0 Å². The lowest BCUT2D eigenvalue weighted by Crippen LogP contribution is -2.28. The van der Waals surface area contributed by atoms with Crippen LogP contribution in [0.1, 0.15) is 17.3 Å². The van der Waals surface area contributed by atoms with Crippen molar-refractivity contribution in [2.45, 2.75) is 13.5 Å². The Hall–Kier alpha value is -2.96. The Kier molecular flexibility index (Phi) is 3.02. The smallest absolute Gasteiger partial charge is 0.289 e. The normalized spacial score (nSPS) is 10.9. The van der Waals surface area contributed by atoms with Crippen molar-refractivity contribution in [1.82, 2.24) is 19.1 Å². The first kappa shape index (κ1) is 13.0. The molecule has 7 nitrogen and oxygen atoms in total. The molecule has 2 N–H and O–H groups in total. The van der Waals surface area contributed by atoms with Gasteiger partial charge in [-0.15, -0.1) is 0 Å². The van der Waals surface area contributed by atoms with E-state index in [0.29, 0.717) is 12.2 Å². The number of aromatic nitrogens is 4. The molecule has 0 aliphatic rings. The third-order valence-corrected chi connectivity index (χ3v) is 3.18. The van der Waals surface area contributed by atoms with Crippen molar-refractivity contribution in [3.63, 3.8) is 0 Å². The molecule has 7 heteroatoms. The van der Waals surface area contributed by atoms with Crippen LogP contribution in [0.25, 0.3) is 11.2 Å². The van der Waals surface area contributed by atoms with Crippen molar-refractivity contribution >= 4 is 23.0 Å². The second kappa shape index (κ2) is 4.86. The van der Waals surface area contributed by atoms with Gasteiger partial charge >= 0.3 is 0 Å². The Bertz CT molecular complexity index is 880. The molecule has 0 aliphatic heterocycles. The minimum Gasteiger partial charge on any atom is -0.369 e. The molecular formula is C14H13N5O2. The first-order chi connectivity index (χ1) is 10.1. The van der Waals surface area contributed by atoms with Crippen LogP contribution in [0.3, 0.4) is 0 Å². The van der Waals surface area contributed by atoms with Crippen molar-refractivity contribution in [2.24, 2.45) is 0 Å². The van der Waals surface area contributed by atoms with Gasteiger partial charge in [-0.3, -0.25) is 9.59 Å². The highest BCUT2D eigenvalue weighted by Crippen LogP contribution is 2.11. The maximum Gasteiger partial charge on any atom is 0.289 e. The Morgan fingerprint density at radius 3 is 2.67 bits per heavy atom. The second-order valence-corrected chi connectivity index (χ2v) is 4.66. The zero-order valence-corrected chi connectivity index (χ0v) is 11.4. The highest BCUT2D eigenvalue weighted by molar-refractivity contribution is 5.82. The molecule has 0 radical (unpaired) electrons. The van der Waals surface area contributed by atoms with Gasteiger partial charge in [0.15, 0.2) is 11.2 Å². The lowest BCUT2D eigenvalue weighted by molar-refractivity contribution is 0.0934. The highest BCUT2D eigenvalue weighted by atomic mass is 16.2. The van der Waals surface area contributed by atoms with Crippen molar-refractivity contribution in [3.05, 3.63) is 52.6 Å². The number of imidazole rings is 1. The van der Waals surface area contributed by atoms with Crippen LogP contribution >= 0.6 is 0 Å². The van der Waals surface area contributed by atoms with E-state index < -0.39 is 11.5 Å². The summed E-state index contributed by atoms with van der Waals surface area (Å²) in [5.41, 5.74) is 6.71. The molecule has 3 aromatic rings. The number of anilines is 1. The van der Waals surface area contributed by atoms with E-state index in [4.69, 9.17) is 5.73 Å². The van der Waals surface area contributed by atoms with E-state index in [1.807, 2.05) is 30.3 Å². The third kappa shape index (κ3) is 2.18. The first-order valence-corrected chi connectivity index (χ1v) is 6.36. The molecule has 106 valence electrons. The summed E-state index contributed by atoms with van der Waals surface area (Å²) in [6.45, 7) is 1.78. The number of carbonyl (C=O) groups is 1. The number of benzene rings is 1. The Balaban J connectivity index is 2.15. The van der Waals surface area contributed by atoms with Gasteiger partial charge < -0.3 is 10.3 Å². The Labute approximate surface area is 119 Å². The number of hydrogen-bond acceptors (Lipinski definition) is 5. The average molecular weight is 283 g/mol. The van der Waals surface area contributed by atoms with E-state index in [-0.39, 0.29) is 11.5 Å². The first-order valence-electron chi connectivity index (χ1n) is 6.36. The number of carbonyl (C=O) groups excluding carboxylic acids is 1. The van der Waals surface area contributed by atoms with Gasteiger partial charge in [-0.05, 0) is 5.56 Å². The molecular weight excluding hydrogens is 270 g/mol. The molecule has 0 unspecified atom stereocenters. The van der Waals surface area contributed by atoms with Crippen LogP contribution in [0.2, 0.25) is 0 Å². The van der Waals surface area contributed by atoms with Gasteiger partial charge in [0.25, 0.3) is 5.56 Å². The zero-order chi connectivity index (χ0) is 15.0. The summed E-state index contributed by atoms with van der Waals surface area (Å²) in [5, 5.41) is 0. The largest absolute Gasteiger partial charge is 0.369 e. The fourth-order valence-electron chi connectivity index (χ4n) is 2.21. The standard InChI is InChI=1S/C14H13N5O2/c1-9(20)19-13(21)11-12(17-14(19)15)18(8-16-11)7-10-5-3-2-4-6-10/h2-6,8H,7H2,1H3,(H2,15,17). The van der Waals surface area contributed by atoms with E-state index >= 15 is 0 Å². The minimum absolute atomic E-state index is 0.130. The van der Waals surface area contributed by atoms with E-state index in [2.05, 4.69) is 9.97 Å². The monoisotopic (exact) mass is 283 g/mol. The van der Waals surface area contributed by atoms with Gasteiger partial charge in [0.05, 0.1) is 12.9 Å². The molecule has 21 heavy (non-hydrogen) atoms. The predicted molar refractivity (Wildman–Crippen MR) is 78.0 cm³/mol. The molecule has 0 amide bonds. The third-order valence-electron chi connectivity index (χ3n) is 3.18. The van der Waals surface area contributed by atoms with Crippen LogP contribution in [0, 0.1) is 0 Å². The number of nitrogens with two attached hydrogens (primary N) is 1. The molecule has 0 aliphatic carbocycles. The van der Waals surface area contributed by atoms with Gasteiger partial charge in [-0.25, -0.2) is 9.55 Å². The van der Waals surface area contributed by atoms with Gasteiger partial charge in [0.2, 0.25) is 11.9 Å². The average Bonchev–Trinajstić information content (AvgIpc) is 2.83. The summed E-state index contributed by atoms with van der Waals surface area (Å²) >= 11 is 0. The molecule has 0 spiro atoms. The maximum atomic E-state index is 12.2. The molecule has 0 bridgehead atoms. The van der Waals surface area contributed by atoms with Crippen LogP contribution in [-0.4, -0.2) is 25.0 Å². The van der Waals surface area contributed by atoms with Gasteiger partial charge in [-0.2, -0.15) is 4.98 Å². The van der Waals surface area contributed by atoms with Crippen LogP contribution < -0.4 is 11.3 Å². The Morgan fingerprint density at radius 1 is 1.29 bits per heavy atom. The van der Waals surface area contributed by atoms with Crippen molar-refractivity contribution in [3.8, 4) is 0 Å². The topological polar surface area (TPSA) is 95.8 Å². The Morgan fingerprint density at radius 2 is 2.00 bits per heavy atom. The van der Waals surface area contributed by atoms with Gasteiger partial charge in [-0.1, -0.05) is 30.3 Å². The molecule has 0 atom stereocenters. The summed E-state index contributed by atoms with van der Waals surface area (Å²) in [6.07, 6.45) is 1.52. The summed E-state index contributed by atoms with van der Waals surface area (Å²) in [4.78, 5) is 31.8. The molecule has 0 saturated heterocycles. The quantitative estimate of drug-likeness (QED) is 0.753. The zero-order valence-electron chi connectivity index (χ0n) is 11.4. The lowest BCUT2D eigenvalue weighted by atomic mass is 10.2. The number of nitrogen functional groups attached to an aromatic ring is 1. The number of rotatable bonds is 2. The second-order valence-electron chi connectivity index (χ2n) is 4.66. The lowest BCUT2D eigenvalue weighted by Gasteiger charge is -2.06. The fraction of sp³-hybridized carbons (Fsp3) is 0.143. The molecule has 0 saturated carbocycles. The summed E-state index contributed by atoms with van der Waals surface area (Å²) in [7, 11) is 0. The predicted octanol–water partition coefficient (Wildman–Crippen LogP) is 0.884. The van der Waals surface area contributed by atoms with Crippen molar-refractivity contribution in [1.29, 1.82) is 0 Å². The summed E-state index contributed by atoms with van der Waals surface area (Å²) in [6, 6.07) is 9.72. The van der Waals surface area contributed by atoms with Crippen molar-refractivity contribution < 1.29 is 4.79 Å². The van der Waals surface area contributed by atoms with Crippen molar-refractivity contribution in [2.75, 3.05) is 5.73 Å². The summed E-state index contributed by atoms with van der Waals surface area (Å²) < 4.78 is 2.55. The molecule has 0 fully saturated rings. The van der Waals surface area contributed by atoms with Crippen LogP contribution in [-0.2, 0) is 6.54 Å². The van der Waals surface area contributed by atoms with E-state index in [1.54, 1.807) is 4.57 Å². The molecule has 2 aromatic heterocycles. The molecule has 3 rings (SSSR count). The number of nitrogens with zero attached hydrogens (tertiary/aromatic N) is 4. The van der Waals surface area contributed by atoms with Crippen LogP contribution in [0.5, 0.6) is 0 Å².